The number of carbonyl (C=O) groups excluding carboxylic acids is 1. The van der Waals surface area contributed by atoms with Gasteiger partial charge in [-0.05, 0) is 72.3 Å². The van der Waals surface area contributed by atoms with Crippen molar-refractivity contribution in [2.24, 2.45) is 0 Å². The first-order valence-electron chi connectivity index (χ1n) is 13.8. The molecule has 0 aromatic heterocycles. The lowest BCUT2D eigenvalue weighted by Crippen LogP contribution is -2.32. The highest BCUT2D eigenvalue weighted by molar-refractivity contribution is 7.93. The number of hydrogen-bond acceptors (Lipinski definition) is 5. The van der Waals surface area contributed by atoms with Crippen LogP contribution in [0, 0.1) is 0 Å². The average molecular weight is 700 g/mol. The van der Waals surface area contributed by atoms with E-state index < -0.39 is 42.7 Å². The molecule has 0 saturated carbocycles. The van der Waals surface area contributed by atoms with Crippen LogP contribution in [0.15, 0.2) is 137 Å². The van der Waals surface area contributed by atoms with Crippen LogP contribution in [-0.4, -0.2) is 22.7 Å². The van der Waals surface area contributed by atoms with Crippen molar-refractivity contribution < 1.29 is 34.8 Å². The van der Waals surface area contributed by atoms with Crippen LogP contribution in [0.25, 0.3) is 0 Å². The van der Waals surface area contributed by atoms with Crippen molar-refractivity contribution in [1.82, 2.24) is 0 Å². The molecule has 0 aliphatic heterocycles. The maximum atomic E-state index is 13.9. The van der Waals surface area contributed by atoms with E-state index in [0.29, 0.717) is 11.6 Å². The van der Waals surface area contributed by atoms with Gasteiger partial charge in [0.05, 0.1) is 38.2 Å². The Bertz CT molecular complexity index is 2120. The summed E-state index contributed by atoms with van der Waals surface area (Å²) in [6.07, 6.45) is -4.79. The first kappa shape index (κ1) is 33.5. The minimum absolute atomic E-state index is 0.0320. The summed E-state index contributed by atoms with van der Waals surface area (Å²) in [5.41, 5.74) is -0.541. The van der Waals surface area contributed by atoms with Crippen LogP contribution in [0.2, 0.25) is 5.02 Å². The fourth-order valence-electron chi connectivity index (χ4n) is 4.59. The Morgan fingerprint density at radius 1 is 0.702 bits per heavy atom. The Balaban J connectivity index is 1.40. The van der Waals surface area contributed by atoms with Crippen LogP contribution < -0.4 is 14.3 Å². The van der Waals surface area contributed by atoms with Gasteiger partial charge < -0.3 is 5.32 Å². The van der Waals surface area contributed by atoms with Gasteiger partial charge in [0.1, 0.15) is 0 Å². The smallest absolute Gasteiger partial charge is 0.322 e. The van der Waals surface area contributed by atoms with Crippen molar-refractivity contribution in [2.45, 2.75) is 22.5 Å². The number of carbonyl (C=O) groups is 1. The number of sulfonamides is 2. The number of benzene rings is 5. The first-order chi connectivity index (χ1) is 22.3. The van der Waals surface area contributed by atoms with Crippen LogP contribution in [0.1, 0.15) is 21.5 Å². The normalized spacial score (nSPS) is 11.9. The van der Waals surface area contributed by atoms with Gasteiger partial charge in [-0.25, -0.2) is 16.8 Å². The van der Waals surface area contributed by atoms with Crippen molar-refractivity contribution in [3.63, 3.8) is 0 Å². The molecule has 5 aromatic rings. The first-order valence-corrected chi connectivity index (χ1v) is 17.1. The van der Waals surface area contributed by atoms with Crippen LogP contribution in [0.3, 0.4) is 0 Å². The highest BCUT2D eigenvalue weighted by atomic mass is 35.5. The van der Waals surface area contributed by atoms with Crippen LogP contribution in [0.5, 0.6) is 0 Å². The van der Waals surface area contributed by atoms with E-state index in [4.69, 9.17) is 11.6 Å². The van der Waals surface area contributed by atoms with Gasteiger partial charge in [-0.1, -0.05) is 72.3 Å². The molecule has 0 aliphatic carbocycles. The number of rotatable bonds is 10. The van der Waals surface area contributed by atoms with Crippen LogP contribution >= 0.6 is 11.6 Å². The zero-order valence-corrected chi connectivity index (χ0v) is 26.5. The van der Waals surface area contributed by atoms with Gasteiger partial charge in [-0.2, -0.15) is 13.2 Å². The Morgan fingerprint density at radius 2 is 1.28 bits per heavy atom. The summed E-state index contributed by atoms with van der Waals surface area (Å²) in [5, 5.41) is 2.07. The SMILES string of the molecule is O=C(Nc1ccc(S(=O)(=O)Nc2ccc(Cl)c(C(F)(F)F)c2)cc1)c1ccccc1N(Cc1ccccc1)S(=O)(=O)c1ccccc1. The summed E-state index contributed by atoms with van der Waals surface area (Å²) >= 11 is 5.62. The zero-order valence-electron chi connectivity index (χ0n) is 24.1. The molecule has 5 aromatic carbocycles. The third-order valence-corrected chi connectivity index (χ3v) is 10.4. The van der Waals surface area contributed by atoms with E-state index in [0.717, 1.165) is 28.6 Å². The summed E-state index contributed by atoms with van der Waals surface area (Å²) in [4.78, 5) is 13.3. The second kappa shape index (κ2) is 13.5. The summed E-state index contributed by atoms with van der Waals surface area (Å²) in [6.45, 7) is -0.0694. The van der Waals surface area contributed by atoms with Crippen molar-refractivity contribution >= 4 is 54.6 Å². The molecule has 0 atom stereocenters. The predicted octanol–water partition coefficient (Wildman–Crippen LogP) is 7.81. The maximum absolute atomic E-state index is 13.9. The number of nitrogens with zero attached hydrogens (tertiary/aromatic N) is 1. The number of amides is 1. The minimum Gasteiger partial charge on any atom is -0.322 e. The fraction of sp³-hybridized carbons (Fsp3) is 0.0606. The summed E-state index contributed by atoms with van der Waals surface area (Å²) < 4.78 is 96.5. The Kier molecular flexibility index (Phi) is 9.61. The molecular weight excluding hydrogens is 675 g/mol. The number of hydrogen-bond donors (Lipinski definition) is 2. The van der Waals surface area contributed by atoms with Crippen molar-refractivity contribution in [1.29, 1.82) is 0 Å². The van der Waals surface area contributed by atoms with Gasteiger partial charge in [-0.15, -0.1) is 0 Å². The molecule has 0 heterocycles. The number of nitrogens with one attached hydrogen (secondary N) is 2. The van der Waals surface area contributed by atoms with Crippen LogP contribution in [-0.2, 0) is 32.8 Å². The molecule has 8 nitrogen and oxygen atoms in total. The molecule has 0 fully saturated rings. The highest BCUT2D eigenvalue weighted by Gasteiger charge is 2.34. The Labute approximate surface area is 274 Å². The van der Waals surface area contributed by atoms with E-state index in [-0.39, 0.29) is 39.0 Å². The van der Waals surface area contributed by atoms with E-state index in [9.17, 15) is 34.8 Å². The minimum atomic E-state index is -4.79. The molecule has 0 unspecified atom stereocenters. The van der Waals surface area contributed by atoms with Gasteiger partial charge >= 0.3 is 6.18 Å². The van der Waals surface area contributed by atoms with Crippen LogP contribution in [0.4, 0.5) is 30.2 Å². The van der Waals surface area contributed by atoms with Crippen molar-refractivity contribution in [3.8, 4) is 0 Å². The fourth-order valence-corrected chi connectivity index (χ4v) is 7.35. The molecule has 242 valence electrons. The second-order valence-corrected chi connectivity index (χ2v) is 14.1. The standard InChI is InChI=1S/C33H25ClF3N3O5S2/c34-30-20-17-25(21-29(30)33(35,36)37)39-46(42,43)26-18-15-24(16-19-26)38-32(41)28-13-7-8-14-31(28)40(22-23-9-3-1-4-10-23)47(44,45)27-11-5-2-6-12-27/h1-21,39H,22H2,(H,38,41). The van der Waals surface area contributed by atoms with E-state index >= 15 is 0 Å². The summed E-state index contributed by atoms with van der Waals surface area (Å²) in [6, 6.07) is 30.4. The number of alkyl halides is 3. The van der Waals surface area contributed by atoms with E-state index in [2.05, 4.69) is 10.0 Å². The quantitative estimate of drug-likeness (QED) is 0.154. The largest absolute Gasteiger partial charge is 0.417 e. The molecule has 2 N–H and O–H groups in total. The van der Waals surface area contributed by atoms with Crippen molar-refractivity contribution in [3.05, 3.63) is 149 Å². The molecular formula is C33H25ClF3N3O5S2. The van der Waals surface area contributed by atoms with Gasteiger partial charge in [0.2, 0.25) is 0 Å². The molecule has 0 bridgehead atoms. The maximum Gasteiger partial charge on any atom is 0.417 e. The Morgan fingerprint density at radius 3 is 1.91 bits per heavy atom. The molecule has 1 amide bonds. The number of halogens is 4. The van der Waals surface area contributed by atoms with Gasteiger partial charge in [0.25, 0.3) is 26.0 Å². The summed E-state index contributed by atoms with van der Waals surface area (Å²) in [7, 11) is -8.46. The molecule has 0 spiro atoms. The molecule has 0 radical (unpaired) electrons. The number of anilines is 3. The molecule has 0 aliphatic rings. The van der Waals surface area contributed by atoms with E-state index in [1.165, 1.54) is 36.4 Å². The van der Waals surface area contributed by atoms with E-state index in [1.807, 2.05) is 0 Å². The molecule has 5 rings (SSSR count). The Hall–Kier alpha value is -4.85. The third-order valence-electron chi connectivity index (χ3n) is 6.86. The lowest BCUT2D eigenvalue weighted by Gasteiger charge is -2.26. The topological polar surface area (TPSA) is 113 Å². The monoisotopic (exact) mass is 699 g/mol. The third kappa shape index (κ3) is 7.76. The average Bonchev–Trinajstić information content (AvgIpc) is 3.05. The van der Waals surface area contributed by atoms with Gasteiger partial charge in [0.15, 0.2) is 0 Å². The predicted molar refractivity (Wildman–Crippen MR) is 174 cm³/mol. The summed E-state index contributed by atoms with van der Waals surface area (Å²) in [5.74, 6) is -0.670. The van der Waals surface area contributed by atoms with E-state index in [1.54, 1.807) is 60.7 Å². The number of para-hydroxylation sites is 1. The highest BCUT2D eigenvalue weighted by Crippen LogP contribution is 2.37. The molecule has 14 heteroatoms. The zero-order chi connectivity index (χ0) is 33.8. The van der Waals surface area contributed by atoms with Crippen molar-refractivity contribution in [2.75, 3.05) is 14.3 Å². The molecule has 47 heavy (non-hydrogen) atoms. The molecule has 0 saturated heterocycles. The van der Waals surface area contributed by atoms with Gasteiger partial charge in [0, 0.05) is 11.4 Å². The van der Waals surface area contributed by atoms with Gasteiger partial charge in [-0.3, -0.25) is 13.8 Å². The lowest BCUT2D eigenvalue weighted by molar-refractivity contribution is -0.137. The second-order valence-electron chi connectivity index (χ2n) is 10.1. The lowest BCUT2D eigenvalue weighted by atomic mass is 10.1.